The lowest BCUT2D eigenvalue weighted by Crippen LogP contribution is -2.36. The highest BCUT2D eigenvalue weighted by Gasteiger charge is 2.47. The summed E-state index contributed by atoms with van der Waals surface area (Å²) in [5.74, 6) is -0.707. The van der Waals surface area contributed by atoms with E-state index in [0.29, 0.717) is 30.4 Å². The van der Waals surface area contributed by atoms with Gasteiger partial charge in [0.15, 0.2) is 5.79 Å². The number of ether oxygens (including phenoxy) is 2. The zero-order chi connectivity index (χ0) is 12.8. The number of rotatable bonds is 2. The van der Waals surface area contributed by atoms with Gasteiger partial charge in [-0.15, -0.1) is 11.3 Å². The van der Waals surface area contributed by atoms with Crippen molar-refractivity contribution >= 4 is 37.3 Å². The smallest absolute Gasteiger partial charge is 0.252 e. The standard InChI is InChI=1S/C10H12BrNO4S2/c11-8-1-2-9(17-8)18(13,14)12-4-3-10(7-12)15-5-6-16-10/h1-2H,3-7H2. The van der Waals surface area contributed by atoms with E-state index in [2.05, 4.69) is 15.9 Å². The molecule has 2 aliphatic heterocycles. The van der Waals surface area contributed by atoms with E-state index >= 15 is 0 Å². The van der Waals surface area contributed by atoms with Crippen molar-refractivity contribution in [2.75, 3.05) is 26.3 Å². The van der Waals surface area contributed by atoms with E-state index in [4.69, 9.17) is 9.47 Å². The first-order chi connectivity index (χ1) is 8.52. The zero-order valence-corrected chi connectivity index (χ0v) is 12.7. The van der Waals surface area contributed by atoms with Crippen LogP contribution in [0.2, 0.25) is 0 Å². The van der Waals surface area contributed by atoms with Gasteiger partial charge in [0.05, 0.1) is 23.5 Å². The van der Waals surface area contributed by atoms with E-state index in [0.717, 1.165) is 3.79 Å². The van der Waals surface area contributed by atoms with Gasteiger partial charge in [-0.3, -0.25) is 0 Å². The van der Waals surface area contributed by atoms with Crippen LogP contribution in [0.3, 0.4) is 0 Å². The summed E-state index contributed by atoms with van der Waals surface area (Å²) in [5.41, 5.74) is 0. The Bertz CT molecular complexity index is 550. The molecule has 0 aromatic carbocycles. The van der Waals surface area contributed by atoms with Crippen LogP contribution in [-0.4, -0.2) is 44.8 Å². The Balaban J connectivity index is 1.83. The van der Waals surface area contributed by atoms with Gasteiger partial charge in [-0.2, -0.15) is 4.31 Å². The molecule has 0 unspecified atom stereocenters. The normalized spacial score (nSPS) is 24.1. The molecule has 1 spiro atoms. The van der Waals surface area contributed by atoms with Crippen LogP contribution < -0.4 is 0 Å². The van der Waals surface area contributed by atoms with Gasteiger partial charge in [0, 0.05) is 13.0 Å². The molecule has 18 heavy (non-hydrogen) atoms. The molecule has 5 nitrogen and oxygen atoms in total. The van der Waals surface area contributed by atoms with Crippen molar-refractivity contribution in [3.05, 3.63) is 15.9 Å². The molecule has 0 aliphatic carbocycles. The molecular weight excluding hydrogens is 342 g/mol. The minimum atomic E-state index is -3.42. The van der Waals surface area contributed by atoms with Gasteiger partial charge in [0.1, 0.15) is 4.21 Å². The summed E-state index contributed by atoms with van der Waals surface area (Å²) in [4.78, 5) is 0. The molecule has 0 radical (unpaired) electrons. The molecule has 1 aromatic heterocycles. The van der Waals surface area contributed by atoms with E-state index in [-0.39, 0.29) is 6.54 Å². The Morgan fingerprint density at radius 1 is 1.33 bits per heavy atom. The second-order valence-corrected chi connectivity index (χ2v) is 8.88. The van der Waals surface area contributed by atoms with Crippen LogP contribution in [0.1, 0.15) is 6.42 Å². The highest BCUT2D eigenvalue weighted by Crippen LogP contribution is 2.35. The molecule has 100 valence electrons. The largest absolute Gasteiger partial charge is 0.346 e. The van der Waals surface area contributed by atoms with Crippen LogP contribution in [0.5, 0.6) is 0 Å². The van der Waals surface area contributed by atoms with Crippen molar-refractivity contribution in [1.29, 1.82) is 0 Å². The van der Waals surface area contributed by atoms with Crippen molar-refractivity contribution in [3.63, 3.8) is 0 Å². The van der Waals surface area contributed by atoms with E-state index in [1.54, 1.807) is 12.1 Å². The number of halogens is 1. The molecule has 2 fully saturated rings. The number of hydrogen-bond donors (Lipinski definition) is 0. The van der Waals surface area contributed by atoms with Crippen LogP contribution >= 0.6 is 27.3 Å². The predicted molar refractivity (Wildman–Crippen MR) is 70.0 cm³/mol. The number of sulfonamides is 1. The first kappa shape index (κ1) is 13.0. The van der Waals surface area contributed by atoms with Crippen molar-refractivity contribution in [2.24, 2.45) is 0 Å². The van der Waals surface area contributed by atoms with Gasteiger partial charge in [0.25, 0.3) is 10.0 Å². The fourth-order valence-electron chi connectivity index (χ4n) is 2.22. The molecule has 0 amide bonds. The summed E-state index contributed by atoms with van der Waals surface area (Å²) in [5, 5.41) is 0. The molecule has 3 rings (SSSR count). The molecule has 0 bridgehead atoms. The highest BCUT2D eigenvalue weighted by atomic mass is 79.9. The maximum absolute atomic E-state index is 12.4. The second kappa shape index (κ2) is 4.53. The maximum atomic E-state index is 12.4. The van der Waals surface area contributed by atoms with Crippen LogP contribution in [0.25, 0.3) is 0 Å². The Hall–Kier alpha value is 0.01000. The Morgan fingerprint density at radius 3 is 2.67 bits per heavy atom. The van der Waals surface area contributed by atoms with E-state index in [1.165, 1.54) is 15.6 Å². The SMILES string of the molecule is O=S(=O)(c1ccc(Br)s1)N1CCC2(C1)OCCO2. The van der Waals surface area contributed by atoms with Crippen LogP contribution in [0.4, 0.5) is 0 Å². The zero-order valence-electron chi connectivity index (χ0n) is 9.46. The molecule has 0 saturated carbocycles. The first-order valence-electron chi connectivity index (χ1n) is 5.55. The lowest BCUT2D eigenvalue weighted by atomic mass is 10.2. The Kier molecular flexibility index (Phi) is 3.28. The summed E-state index contributed by atoms with van der Waals surface area (Å²) >= 11 is 4.50. The number of hydrogen-bond acceptors (Lipinski definition) is 5. The van der Waals surface area contributed by atoms with Crippen molar-refractivity contribution in [1.82, 2.24) is 4.31 Å². The lowest BCUT2D eigenvalue weighted by Gasteiger charge is -2.21. The predicted octanol–water partition coefficient (Wildman–Crippen LogP) is 1.65. The maximum Gasteiger partial charge on any atom is 0.252 e. The van der Waals surface area contributed by atoms with Crippen molar-refractivity contribution in [3.8, 4) is 0 Å². The third-order valence-corrected chi connectivity index (χ3v) is 7.05. The molecule has 8 heteroatoms. The van der Waals surface area contributed by atoms with E-state index in [9.17, 15) is 8.42 Å². The van der Waals surface area contributed by atoms with Crippen molar-refractivity contribution in [2.45, 2.75) is 16.4 Å². The summed E-state index contributed by atoms with van der Waals surface area (Å²) in [6.07, 6.45) is 0.596. The Labute approximate surface area is 118 Å². The highest BCUT2D eigenvalue weighted by molar-refractivity contribution is 9.11. The molecule has 2 saturated heterocycles. The number of thiophene rings is 1. The van der Waals surface area contributed by atoms with Gasteiger partial charge in [-0.05, 0) is 28.1 Å². The van der Waals surface area contributed by atoms with Gasteiger partial charge in [-0.1, -0.05) is 0 Å². The number of nitrogens with zero attached hydrogens (tertiary/aromatic N) is 1. The summed E-state index contributed by atoms with van der Waals surface area (Å²) in [6, 6.07) is 3.36. The summed E-state index contributed by atoms with van der Waals surface area (Å²) in [6.45, 7) is 1.81. The molecule has 2 aliphatic rings. The van der Waals surface area contributed by atoms with E-state index < -0.39 is 15.8 Å². The fraction of sp³-hybridized carbons (Fsp3) is 0.600. The fourth-order valence-corrected chi connectivity index (χ4v) is 5.86. The minimum Gasteiger partial charge on any atom is -0.346 e. The lowest BCUT2D eigenvalue weighted by molar-refractivity contribution is -0.142. The molecule has 0 N–H and O–H groups in total. The quantitative estimate of drug-likeness (QED) is 0.811. The third kappa shape index (κ3) is 2.14. The molecule has 3 heterocycles. The van der Waals surface area contributed by atoms with Gasteiger partial charge in [0.2, 0.25) is 0 Å². The molecule has 0 atom stereocenters. The monoisotopic (exact) mass is 353 g/mol. The van der Waals surface area contributed by atoms with Gasteiger partial charge >= 0.3 is 0 Å². The second-order valence-electron chi connectivity index (χ2n) is 4.25. The van der Waals surface area contributed by atoms with Crippen LogP contribution in [0.15, 0.2) is 20.1 Å². The van der Waals surface area contributed by atoms with Crippen LogP contribution in [-0.2, 0) is 19.5 Å². The van der Waals surface area contributed by atoms with Crippen LogP contribution in [0, 0.1) is 0 Å². The molecular formula is C10H12BrNO4S2. The minimum absolute atomic E-state index is 0.283. The Morgan fingerprint density at radius 2 is 2.06 bits per heavy atom. The third-order valence-electron chi connectivity index (χ3n) is 3.12. The summed E-state index contributed by atoms with van der Waals surface area (Å²) < 4.78 is 38.5. The van der Waals surface area contributed by atoms with E-state index in [1.807, 2.05) is 0 Å². The molecule has 1 aromatic rings. The first-order valence-corrected chi connectivity index (χ1v) is 8.60. The van der Waals surface area contributed by atoms with Gasteiger partial charge < -0.3 is 9.47 Å². The average molecular weight is 354 g/mol. The van der Waals surface area contributed by atoms with Gasteiger partial charge in [-0.25, -0.2) is 8.42 Å². The average Bonchev–Trinajstić information content (AvgIpc) is 3.02. The topological polar surface area (TPSA) is 55.8 Å². The van der Waals surface area contributed by atoms with Crippen molar-refractivity contribution < 1.29 is 17.9 Å². The summed E-state index contributed by atoms with van der Waals surface area (Å²) in [7, 11) is -3.42.